The minimum Gasteiger partial charge on any atom is -0.341 e. The maximum Gasteiger partial charge on any atom is 0.162 e. The smallest absolute Gasteiger partial charge is 0.162 e. The lowest BCUT2D eigenvalue weighted by molar-refractivity contribution is 0.604. The van der Waals surface area contributed by atoms with Crippen LogP contribution < -0.4 is 0 Å². The van der Waals surface area contributed by atoms with Gasteiger partial charge in [0.15, 0.2) is 10.3 Å². The molecule has 0 amide bonds. The SMILES string of the molecule is CCCCCn1cnc(=S)c2[nH]cnc21. The lowest BCUT2D eigenvalue weighted by Crippen LogP contribution is -2.02. The first kappa shape index (κ1) is 10.3. The summed E-state index contributed by atoms with van der Waals surface area (Å²) in [6.07, 6.45) is 7.05. The summed E-state index contributed by atoms with van der Waals surface area (Å²) in [5, 5.41) is 0. The third kappa shape index (κ3) is 2.07. The summed E-state index contributed by atoms with van der Waals surface area (Å²) in [6.45, 7) is 3.15. The molecule has 0 saturated carbocycles. The molecule has 0 aliphatic rings. The maximum absolute atomic E-state index is 5.11. The molecule has 0 atom stereocenters. The summed E-state index contributed by atoms with van der Waals surface area (Å²) in [5.74, 6) is 0. The van der Waals surface area contributed by atoms with Crippen LogP contribution in [0, 0.1) is 4.64 Å². The Labute approximate surface area is 93.4 Å². The number of hydrogen-bond donors (Lipinski definition) is 1. The van der Waals surface area contributed by atoms with Gasteiger partial charge in [-0.3, -0.25) is 0 Å². The van der Waals surface area contributed by atoms with Gasteiger partial charge in [0.1, 0.15) is 5.52 Å². The van der Waals surface area contributed by atoms with E-state index in [1.807, 2.05) is 0 Å². The fourth-order valence-corrected chi connectivity index (χ4v) is 1.80. The molecule has 2 aromatic rings. The second-order valence-corrected chi connectivity index (χ2v) is 3.94. The largest absolute Gasteiger partial charge is 0.341 e. The second-order valence-electron chi connectivity index (χ2n) is 3.55. The van der Waals surface area contributed by atoms with Gasteiger partial charge in [0.2, 0.25) is 0 Å². The number of unbranched alkanes of at least 4 members (excludes halogenated alkanes) is 2. The van der Waals surface area contributed by atoms with Gasteiger partial charge in [-0.25, -0.2) is 9.97 Å². The first-order chi connectivity index (χ1) is 7.33. The van der Waals surface area contributed by atoms with E-state index in [1.165, 1.54) is 12.8 Å². The highest BCUT2D eigenvalue weighted by atomic mass is 32.1. The Morgan fingerprint density at radius 1 is 1.40 bits per heavy atom. The van der Waals surface area contributed by atoms with Crippen molar-refractivity contribution in [3.63, 3.8) is 0 Å². The van der Waals surface area contributed by atoms with Crippen LogP contribution in [0.25, 0.3) is 11.2 Å². The molecule has 0 radical (unpaired) electrons. The van der Waals surface area contributed by atoms with Crippen molar-refractivity contribution < 1.29 is 0 Å². The number of aryl methyl sites for hydroxylation is 1. The van der Waals surface area contributed by atoms with Gasteiger partial charge in [-0.15, -0.1) is 0 Å². The summed E-state index contributed by atoms with van der Waals surface area (Å²) in [5.41, 5.74) is 1.77. The van der Waals surface area contributed by atoms with Crippen LogP contribution >= 0.6 is 12.2 Å². The van der Waals surface area contributed by atoms with Crippen LogP contribution in [0.5, 0.6) is 0 Å². The molecular formula is C10H14N4S. The predicted octanol–water partition coefficient (Wildman–Crippen LogP) is 2.68. The van der Waals surface area contributed by atoms with Crippen molar-refractivity contribution in [2.75, 3.05) is 0 Å². The minimum absolute atomic E-state index is 0.592. The number of imidazole rings is 1. The molecule has 0 spiro atoms. The highest BCUT2D eigenvalue weighted by Gasteiger charge is 2.03. The van der Waals surface area contributed by atoms with E-state index in [2.05, 4.69) is 26.4 Å². The highest BCUT2D eigenvalue weighted by molar-refractivity contribution is 7.71. The average Bonchev–Trinajstić information content (AvgIpc) is 2.71. The molecule has 0 aliphatic heterocycles. The third-order valence-corrected chi connectivity index (χ3v) is 2.73. The summed E-state index contributed by atoms with van der Waals surface area (Å²) >= 11 is 5.11. The van der Waals surface area contributed by atoms with Crippen LogP contribution in [-0.4, -0.2) is 19.5 Å². The van der Waals surface area contributed by atoms with E-state index in [4.69, 9.17) is 12.2 Å². The van der Waals surface area contributed by atoms with Crippen molar-refractivity contribution in [2.24, 2.45) is 0 Å². The number of nitrogens with zero attached hydrogens (tertiary/aromatic N) is 3. The molecule has 80 valence electrons. The molecule has 15 heavy (non-hydrogen) atoms. The highest BCUT2D eigenvalue weighted by Crippen LogP contribution is 2.10. The Bertz CT molecular complexity index is 499. The predicted molar refractivity (Wildman–Crippen MR) is 62.2 cm³/mol. The Morgan fingerprint density at radius 3 is 3.07 bits per heavy atom. The van der Waals surface area contributed by atoms with Crippen molar-refractivity contribution in [1.29, 1.82) is 0 Å². The molecule has 0 fully saturated rings. The summed E-state index contributed by atoms with van der Waals surface area (Å²) in [6, 6.07) is 0. The lowest BCUT2D eigenvalue weighted by atomic mass is 10.2. The number of aromatic amines is 1. The van der Waals surface area contributed by atoms with Gasteiger partial charge in [-0.1, -0.05) is 32.0 Å². The van der Waals surface area contributed by atoms with Gasteiger partial charge < -0.3 is 9.55 Å². The van der Waals surface area contributed by atoms with E-state index in [9.17, 15) is 0 Å². The fourth-order valence-electron chi connectivity index (χ4n) is 1.60. The first-order valence-electron chi connectivity index (χ1n) is 5.21. The molecule has 0 aliphatic carbocycles. The third-order valence-electron chi connectivity index (χ3n) is 2.42. The van der Waals surface area contributed by atoms with Gasteiger partial charge in [0, 0.05) is 6.54 Å². The minimum atomic E-state index is 0.592. The standard InChI is InChI=1S/C10H14N4S/c1-2-3-4-5-14-7-13-10(15)8-9(14)12-6-11-8/h6-7H,2-5H2,1H3,(H,11,12). The molecular weight excluding hydrogens is 208 g/mol. The number of fused-ring (bicyclic) bond motifs is 1. The number of nitrogens with one attached hydrogen (secondary N) is 1. The van der Waals surface area contributed by atoms with E-state index in [-0.39, 0.29) is 0 Å². The first-order valence-corrected chi connectivity index (χ1v) is 5.62. The summed E-state index contributed by atoms with van der Waals surface area (Å²) in [4.78, 5) is 11.4. The molecule has 2 heterocycles. The van der Waals surface area contributed by atoms with Gasteiger partial charge in [-0.2, -0.15) is 0 Å². The van der Waals surface area contributed by atoms with E-state index < -0.39 is 0 Å². The monoisotopic (exact) mass is 222 g/mol. The van der Waals surface area contributed by atoms with Crippen LogP contribution in [0.2, 0.25) is 0 Å². The topological polar surface area (TPSA) is 46.5 Å². The maximum atomic E-state index is 5.11. The summed E-state index contributed by atoms with van der Waals surface area (Å²) in [7, 11) is 0. The number of rotatable bonds is 4. The van der Waals surface area contributed by atoms with Crippen LogP contribution in [0.3, 0.4) is 0 Å². The van der Waals surface area contributed by atoms with E-state index in [0.29, 0.717) is 4.64 Å². The number of aromatic nitrogens is 4. The van der Waals surface area contributed by atoms with E-state index >= 15 is 0 Å². The molecule has 4 nitrogen and oxygen atoms in total. The molecule has 2 aromatic heterocycles. The molecule has 0 aromatic carbocycles. The van der Waals surface area contributed by atoms with Crippen LogP contribution in [0.15, 0.2) is 12.7 Å². The Kier molecular flexibility index (Phi) is 3.11. The molecule has 0 unspecified atom stereocenters. The van der Waals surface area contributed by atoms with Crippen molar-refractivity contribution in [2.45, 2.75) is 32.7 Å². The molecule has 2 rings (SSSR count). The Morgan fingerprint density at radius 2 is 2.27 bits per heavy atom. The van der Waals surface area contributed by atoms with Gasteiger partial charge in [0.25, 0.3) is 0 Å². The normalized spacial score (nSPS) is 11.0. The van der Waals surface area contributed by atoms with Gasteiger partial charge >= 0.3 is 0 Å². The zero-order chi connectivity index (χ0) is 10.7. The van der Waals surface area contributed by atoms with E-state index in [1.54, 1.807) is 12.7 Å². The number of hydrogen-bond acceptors (Lipinski definition) is 3. The van der Waals surface area contributed by atoms with Crippen molar-refractivity contribution in [1.82, 2.24) is 19.5 Å². The summed E-state index contributed by atoms with van der Waals surface area (Å²) < 4.78 is 2.64. The average molecular weight is 222 g/mol. The Balaban J connectivity index is 2.31. The molecule has 5 heteroatoms. The molecule has 0 bridgehead atoms. The quantitative estimate of drug-likeness (QED) is 0.639. The van der Waals surface area contributed by atoms with Crippen LogP contribution in [0.1, 0.15) is 26.2 Å². The number of H-pyrrole nitrogens is 1. The molecule has 0 saturated heterocycles. The van der Waals surface area contributed by atoms with Crippen LogP contribution in [-0.2, 0) is 6.54 Å². The van der Waals surface area contributed by atoms with Gasteiger partial charge in [-0.05, 0) is 6.42 Å². The van der Waals surface area contributed by atoms with Crippen molar-refractivity contribution in [3.8, 4) is 0 Å². The van der Waals surface area contributed by atoms with Crippen LogP contribution in [0.4, 0.5) is 0 Å². The van der Waals surface area contributed by atoms with Gasteiger partial charge in [0.05, 0.1) is 12.7 Å². The Hall–Kier alpha value is -1.23. The zero-order valence-electron chi connectivity index (χ0n) is 8.73. The van der Waals surface area contributed by atoms with E-state index in [0.717, 1.165) is 24.1 Å². The zero-order valence-corrected chi connectivity index (χ0v) is 9.55. The molecule has 1 N–H and O–H groups in total. The van der Waals surface area contributed by atoms with Crippen molar-refractivity contribution >= 4 is 23.4 Å². The second kappa shape index (κ2) is 4.53. The lowest BCUT2D eigenvalue weighted by Gasteiger charge is -2.05. The fraction of sp³-hybridized carbons (Fsp3) is 0.500. The van der Waals surface area contributed by atoms with Crippen molar-refractivity contribution in [3.05, 3.63) is 17.3 Å².